The van der Waals surface area contributed by atoms with Crippen LogP contribution >= 0.6 is 11.3 Å². The number of piperidine rings is 1. The molecule has 2 aromatic rings. The Labute approximate surface area is 124 Å². The summed E-state index contributed by atoms with van der Waals surface area (Å²) in [5.41, 5.74) is 3.79. The lowest BCUT2D eigenvalue weighted by Crippen LogP contribution is -2.42. The molecule has 0 aliphatic carbocycles. The Balaban J connectivity index is 1.65. The zero-order valence-corrected chi connectivity index (χ0v) is 13.5. The van der Waals surface area contributed by atoms with Gasteiger partial charge < -0.3 is 10.2 Å². The summed E-state index contributed by atoms with van der Waals surface area (Å²) >= 11 is 1.73. The van der Waals surface area contributed by atoms with Gasteiger partial charge >= 0.3 is 0 Å². The maximum absolute atomic E-state index is 4.66. The van der Waals surface area contributed by atoms with Crippen molar-refractivity contribution in [3.05, 3.63) is 22.5 Å². The highest BCUT2D eigenvalue weighted by atomic mass is 32.1. The fourth-order valence-corrected chi connectivity index (χ4v) is 4.00. The third kappa shape index (κ3) is 2.62. The van der Waals surface area contributed by atoms with Gasteiger partial charge in [0.1, 0.15) is 0 Å². The number of fused-ring (bicyclic) bond motifs is 1. The molecule has 5 heteroatoms. The number of aryl methyl sites for hydroxylation is 2. The van der Waals surface area contributed by atoms with E-state index in [0.717, 1.165) is 11.5 Å². The quantitative estimate of drug-likeness (QED) is 0.940. The molecule has 1 N–H and O–H groups in total. The van der Waals surface area contributed by atoms with Crippen molar-refractivity contribution < 1.29 is 0 Å². The molecule has 1 aliphatic heterocycles. The first-order chi connectivity index (χ1) is 9.69. The van der Waals surface area contributed by atoms with Gasteiger partial charge in [-0.25, -0.2) is 4.98 Å². The lowest BCUT2D eigenvalue weighted by molar-refractivity contribution is 0.205. The second-order valence-electron chi connectivity index (χ2n) is 5.73. The summed E-state index contributed by atoms with van der Waals surface area (Å²) < 4.78 is 2.30. The first kappa shape index (κ1) is 14.0. The summed E-state index contributed by atoms with van der Waals surface area (Å²) in [6.45, 7) is 11.1. The summed E-state index contributed by atoms with van der Waals surface area (Å²) in [7, 11) is 0. The van der Waals surface area contributed by atoms with Crippen LogP contribution in [0.3, 0.4) is 0 Å². The Morgan fingerprint density at radius 3 is 2.80 bits per heavy atom. The van der Waals surface area contributed by atoms with E-state index in [1.807, 2.05) is 0 Å². The highest BCUT2D eigenvalue weighted by molar-refractivity contribution is 7.15. The smallest absolute Gasteiger partial charge is 0.194 e. The zero-order valence-electron chi connectivity index (χ0n) is 12.6. The predicted molar refractivity (Wildman–Crippen MR) is 84.5 cm³/mol. The molecule has 3 rings (SSSR count). The Morgan fingerprint density at radius 2 is 2.10 bits per heavy atom. The molecular formula is C15H24N4S. The molecule has 0 spiro atoms. The second-order valence-corrected chi connectivity index (χ2v) is 6.56. The Kier molecular flexibility index (Phi) is 4.10. The van der Waals surface area contributed by atoms with Gasteiger partial charge in [-0.05, 0) is 46.3 Å². The minimum absolute atomic E-state index is 0.654. The predicted octanol–water partition coefficient (Wildman–Crippen LogP) is 2.59. The number of thiazole rings is 1. The van der Waals surface area contributed by atoms with Gasteiger partial charge in [0.15, 0.2) is 4.96 Å². The number of hydrogen-bond donors (Lipinski definition) is 1. The number of rotatable bonds is 4. The average Bonchev–Trinajstić information content (AvgIpc) is 2.97. The summed E-state index contributed by atoms with van der Waals surface area (Å²) in [4.78, 5) is 8.31. The maximum Gasteiger partial charge on any atom is 0.194 e. The second kappa shape index (κ2) is 5.84. The van der Waals surface area contributed by atoms with Gasteiger partial charge in [-0.2, -0.15) is 0 Å². The summed E-state index contributed by atoms with van der Waals surface area (Å²) in [6.07, 6.45) is 2.52. The van der Waals surface area contributed by atoms with Crippen LogP contribution in [0.4, 0.5) is 0 Å². The van der Waals surface area contributed by atoms with Gasteiger partial charge in [-0.3, -0.25) is 4.40 Å². The molecule has 0 saturated carbocycles. The standard InChI is InChI=1S/C15H24N4S/c1-4-18-7-5-13(6-8-18)16-9-14-12(3)17-15-19(14)11(2)10-20-15/h10,13,16H,4-9H2,1-3H3. The molecule has 20 heavy (non-hydrogen) atoms. The molecule has 0 bridgehead atoms. The maximum atomic E-state index is 4.66. The van der Waals surface area contributed by atoms with Crippen molar-refractivity contribution in [1.82, 2.24) is 19.6 Å². The molecule has 0 amide bonds. The van der Waals surface area contributed by atoms with E-state index in [0.29, 0.717) is 6.04 Å². The van der Waals surface area contributed by atoms with Crippen LogP contribution in [0.1, 0.15) is 36.8 Å². The first-order valence-corrected chi connectivity index (χ1v) is 8.44. The van der Waals surface area contributed by atoms with Crippen molar-refractivity contribution in [2.45, 2.75) is 46.2 Å². The van der Waals surface area contributed by atoms with Crippen molar-refractivity contribution in [1.29, 1.82) is 0 Å². The van der Waals surface area contributed by atoms with Gasteiger partial charge in [0.05, 0.1) is 11.4 Å². The van der Waals surface area contributed by atoms with Crippen molar-refractivity contribution in [3.8, 4) is 0 Å². The zero-order chi connectivity index (χ0) is 14.1. The van der Waals surface area contributed by atoms with E-state index in [1.165, 1.54) is 49.6 Å². The van der Waals surface area contributed by atoms with Crippen LogP contribution in [-0.2, 0) is 6.54 Å². The lowest BCUT2D eigenvalue weighted by atomic mass is 10.1. The molecule has 3 heterocycles. The fourth-order valence-electron chi connectivity index (χ4n) is 3.07. The van der Waals surface area contributed by atoms with Crippen LogP contribution in [0.25, 0.3) is 4.96 Å². The monoisotopic (exact) mass is 292 g/mol. The molecule has 1 aliphatic rings. The van der Waals surface area contributed by atoms with E-state index in [4.69, 9.17) is 0 Å². The molecule has 4 nitrogen and oxygen atoms in total. The van der Waals surface area contributed by atoms with Crippen molar-refractivity contribution in [3.63, 3.8) is 0 Å². The number of nitrogens with one attached hydrogen (secondary N) is 1. The number of aromatic nitrogens is 2. The SMILES string of the molecule is CCN1CCC(NCc2c(C)nc3scc(C)n23)CC1. The molecule has 2 aromatic heterocycles. The molecule has 0 radical (unpaired) electrons. The third-order valence-corrected chi connectivity index (χ3v) is 5.37. The Morgan fingerprint density at radius 1 is 1.35 bits per heavy atom. The van der Waals surface area contributed by atoms with Gasteiger partial charge in [-0.15, -0.1) is 11.3 Å². The van der Waals surface area contributed by atoms with Crippen molar-refractivity contribution in [2.24, 2.45) is 0 Å². The topological polar surface area (TPSA) is 32.6 Å². The van der Waals surface area contributed by atoms with Crippen LogP contribution in [0.15, 0.2) is 5.38 Å². The van der Waals surface area contributed by atoms with Gasteiger partial charge in [0.2, 0.25) is 0 Å². The van der Waals surface area contributed by atoms with E-state index in [-0.39, 0.29) is 0 Å². The molecule has 1 saturated heterocycles. The minimum atomic E-state index is 0.654. The number of imidazole rings is 1. The Bertz CT molecular complexity index is 578. The highest BCUT2D eigenvalue weighted by Gasteiger charge is 2.19. The number of hydrogen-bond acceptors (Lipinski definition) is 4. The first-order valence-electron chi connectivity index (χ1n) is 7.56. The normalized spacial score (nSPS) is 18.1. The summed E-state index contributed by atoms with van der Waals surface area (Å²) in [5.74, 6) is 0. The molecule has 0 aromatic carbocycles. The molecular weight excluding hydrogens is 268 g/mol. The van der Waals surface area contributed by atoms with E-state index < -0.39 is 0 Å². The van der Waals surface area contributed by atoms with Crippen LogP contribution in [0.2, 0.25) is 0 Å². The molecule has 0 atom stereocenters. The van der Waals surface area contributed by atoms with E-state index in [2.05, 4.69) is 45.8 Å². The number of likely N-dealkylation sites (tertiary alicyclic amines) is 1. The van der Waals surface area contributed by atoms with Crippen molar-refractivity contribution >= 4 is 16.3 Å². The Hall–Kier alpha value is -0.910. The fraction of sp³-hybridized carbons (Fsp3) is 0.667. The average molecular weight is 292 g/mol. The molecule has 1 fully saturated rings. The van der Waals surface area contributed by atoms with Crippen LogP contribution in [0, 0.1) is 13.8 Å². The van der Waals surface area contributed by atoms with Crippen LogP contribution in [0.5, 0.6) is 0 Å². The van der Waals surface area contributed by atoms with E-state index in [1.54, 1.807) is 11.3 Å². The van der Waals surface area contributed by atoms with Crippen molar-refractivity contribution in [2.75, 3.05) is 19.6 Å². The van der Waals surface area contributed by atoms with E-state index in [9.17, 15) is 0 Å². The summed E-state index contributed by atoms with van der Waals surface area (Å²) in [6, 6.07) is 0.654. The third-order valence-electron chi connectivity index (χ3n) is 4.42. The summed E-state index contributed by atoms with van der Waals surface area (Å²) in [5, 5.41) is 5.92. The largest absolute Gasteiger partial charge is 0.308 e. The lowest BCUT2D eigenvalue weighted by Gasteiger charge is -2.31. The molecule has 0 unspecified atom stereocenters. The van der Waals surface area contributed by atoms with Crippen LogP contribution in [-0.4, -0.2) is 40.0 Å². The van der Waals surface area contributed by atoms with E-state index >= 15 is 0 Å². The number of nitrogens with zero attached hydrogens (tertiary/aromatic N) is 3. The van der Waals surface area contributed by atoms with Crippen LogP contribution < -0.4 is 5.32 Å². The molecule has 110 valence electrons. The highest BCUT2D eigenvalue weighted by Crippen LogP contribution is 2.21. The van der Waals surface area contributed by atoms with Gasteiger partial charge in [-0.1, -0.05) is 6.92 Å². The minimum Gasteiger partial charge on any atom is -0.308 e. The van der Waals surface area contributed by atoms with Gasteiger partial charge in [0, 0.05) is 23.7 Å². The van der Waals surface area contributed by atoms with Gasteiger partial charge in [0.25, 0.3) is 0 Å².